The third kappa shape index (κ3) is 4.52. The molecule has 1 aliphatic rings. The molecule has 0 saturated carbocycles. The molecule has 1 saturated heterocycles. The Morgan fingerprint density at radius 3 is 2.33 bits per heavy atom. The second-order valence-electron chi connectivity index (χ2n) is 6.45. The van der Waals surface area contributed by atoms with E-state index < -0.39 is 0 Å². The number of rotatable bonds is 4. The highest BCUT2D eigenvalue weighted by Crippen LogP contribution is 2.14. The van der Waals surface area contributed by atoms with Crippen LogP contribution in [0.5, 0.6) is 0 Å². The van der Waals surface area contributed by atoms with Crippen LogP contribution in [0.2, 0.25) is 0 Å². The molecule has 0 atom stereocenters. The quantitative estimate of drug-likeness (QED) is 0.907. The number of anilines is 1. The second kappa shape index (κ2) is 8.47. The average molecular weight is 362 g/mol. The molecule has 0 spiro atoms. The highest BCUT2D eigenvalue weighted by atomic mass is 16.2. The summed E-state index contributed by atoms with van der Waals surface area (Å²) in [7, 11) is 0. The van der Waals surface area contributed by atoms with Crippen molar-refractivity contribution in [2.45, 2.75) is 6.92 Å². The van der Waals surface area contributed by atoms with Gasteiger partial charge >= 0.3 is 0 Å². The number of benzene rings is 2. The number of likely N-dealkylation sites (N-methyl/N-ethyl adjacent to an activating group) is 1. The molecule has 0 bridgehead atoms. The number of hydrogen-bond acceptors (Lipinski definition) is 4. The summed E-state index contributed by atoms with van der Waals surface area (Å²) in [5.41, 5.74) is 2.08. The molecule has 6 heteroatoms. The molecule has 2 aromatic carbocycles. The van der Waals surface area contributed by atoms with Crippen LogP contribution in [0.15, 0.2) is 48.5 Å². The lowest BCUT2D eigenvalue weighted by atomic mass is 10.1. The number of piperazine rings is 1. The van der Waals surface area contributed by atoms with Crippen molar-refractivity contribution >= 4 is 17.5 Å². The zero-order valence-corrected chi connectivity index (χ0v) is 15.3. The lowest BCUT2D eigenvalue weighted by molar-refractivity contribution is 0.0643. The summed E-state index contributed by atoms with van der Waals surface area (Å²) in [6, 6.07) is 15.5. The van der Waals surface area contributed by atoms with Crippen molar-refractivity contribution in [3.8, 4) is 6.07 Å². The summed E-state index contributed by atoms with van der Waals surface area (Å²) in [6.45, 7) is 6.27. The molecule has 1 N–H and O–H groups in total. The van der Waals surface area contributed by atoms with Crippen LogP contribution < -0.4 is 5.32 Å². The van der Waals surface area contributed by atoms with Crippen LogP contribution in [0.1, 0.15) is 33.2 Å². The molecule has 0 aliphatic carbocycles. The Morgan fingerprint density at radius 1 is 1.04 bits per heavy atom. The van der Waals surface area contributed by atoms with E-state index in [-0.39, 0.29) is 11.8 Å². The smallest absolute Gasteiger partial charge is 0.255 e. The second-order valence-corrected chi connectivity index (χ2v) is 6.45. The van der Waals surface area contributed by atoms with E-state index >= 15 is 0 Å². The van der Waals surface area contributed by atoms with E-state index in [1.807, 2.05) is 11.0 Å². The molecule has 6 nitrogen and oxygen atoms in total. The third-order valence-electron chi connectivity index (χ3n) is 4.75. The van der Waals surface area contributed by atoms with E-state index in [1.54, 1.807) is 48.5 Å². The first-order valence-corrected chi connectivity index (χ1v) is 9.04. The number of nitrogens with one attached hydrogen (secondary N) is 1. The van der Waals surface area contributed by atoms with Gasteiger partial charge in [0.2, 0.25) is 0 Å². The number of carbonyl (C=O) groups is 2. The topological polar surface area (TPSA) is 76.4 Å². The number of amides is 2. The molecule has 0 aromatic heterocycles. The van der Waals surface area contributed by atoms with Crippen LogP contribution in [-0.2, 0) is 0 Å². The predicted octanol–water partition coefficient (Wildman–Crippen LogP) is 2.59. The SMILES string of the molecule is CCN1CCN(C(=O)c2cccc(C(=O)Nc3ccc(C#N)cc3)c2)CC1. The van der Waals surface area contributed by atoms with E-state index in [4.69, 9.17) is 5.26 Å². The van der Waals surface area contributed by atoms with Crippen LogP contribution in [0.4, 0.5) is 5.69 Å². The van der Waals surface area contributed by atoms with Gasteiger partial charge in [0, 0.05) is 43.0 Å². The van der Waals surface area contributed by atoms with Gasteiger partial charge < -0.3 is 15.1 Å². The number of hydrogen-bond donors (Lipinski definition) is 1. The lowest BCUT2D eigenvalue weighted by Gasteiger charge is -2.34. The minimum absolute atomic E-state index is 0.0428. The van der Waals surface area contributed by atoms with Gasteiger partial charge in [-0.3, -0.25) is 9.59 Å². The first kappa shape index (κ1) is 18.6. The van der Waals surface area contributed by atoms with E-state index in [0.717, 1.165) is 19.6 Å². The van der Waals surface area contributed by atoms with Crippen LogP contribution in [0.25, 0.3) is 0 Å². The van der Waals surface area contributed by atoms with E-state index in [9.17, 15) is 9.59 Å². The van der Waals surface area contributed by atoms with Crippen molar-refractivity contribution < 1.29 is 9.59 Å². The van der Waals surface area contributed by atoms with Gasteiger partial charge in [0.1, 0.15) is 0 Å². The highest BCUT2D eigenvalue weighted by Gasteiger charge is 2.22. The van der Waals surface area contributed by atoms with E-state index in [0.29, 0.717) is 35.5 Å². The summed E-state index contributed by atoms with van der Waals surface area (Å²) < 4.78 is 0. The van der Waals surface area contributed by atoms with Crippen LogP contribution >= 0.6 is 0 Å². The Bertz CT molecular complexity index is 862. The first-order chi connectivity index (χ1) is 13.1. The minimum atomic E-state index is -0.287. The molecule has 2 amide bonds. The Kier molecular flexibility index (Phi) is 5.84. The van der Waals surface area contributed by atoms with Gasteiger partial charge in [0.05, 0.1) is 11.6 Å². The molecule has 3 rings (SSSR count). The zero-order valence-electron chi connectivity index (χ0n) is 15.3. The molecule has 1 heterocycles. The van der Waals surface area contributed by atoms with Gasteiger partial charge in [-0.15, -0.1) is 0 Å². The molecular formula is C21H22N4O2. The molecule has 0 unspecified atom stereocenters. The maximum atomic E-state index is 12.7. The highest BCUT2D eigenvalue weighted by molar-refractivity contribution is 6.06. The third-order valence-corrected chi connectivity index (χ3v) is 4.75. The van der Waals surface area contributed by atoms with Crippen LogP contribution in [0.3, 0.4) is 0 Å². The normalized spacial score (nSPS) is 14.4. The zero-order chi connectivity index (χ0) is 19.2. The molecule has 1 fully saturated rings. The lowest BCUT2D eigenvalue weighted by Crippen LogP contribution is -2.48. The Balaban J connectivity index is 1.68. The Hall–Kier alpha value is -3.17. The van der Waals surface area contributed by atoms with Gasteiger partial charge in [-0.25, -0.2) is 0 Å². The largest absolute Gasteiger partial charge is 0.336 e. The van der Waals surface area contributed by atoms with Gasteiger partial charge in [0.25, 0.3) is 11.8 Å². The first-order valence-electron chi connectivity index (χ1n) is 9.04. The fraction of sp³-hybridized carbons (Fsp3) is 0.286. The predicted molar refractivity (Wildman–Crippen MR) is 104 cm³/mol. The molecule has 0 radical (unpaired) electrons. The Labute approximate surface area is 159 Å². The molecule has 27 heavy (non-hydrogen) atoms. The van der Waals surface area contributed by atoms with Crippen LogP contribution in [-0.4, -0.2) is 54.3 Å². The summed E-state index contributed by atoms with van der Waals surface area (Å²) >= 11 is 0. The van der Waals surface area contributed by atoms with Crippen molar-refractivity contribution in [1.29, 1.82) is 5.26 Å². The standard InChI is InChI=1S/C21H22N4O2/c1-2-24-10-12-25(13-11-24)21(27)18-5-3-4-17(14-18)20(26)23-19-8-6-16(15-22)7-9-19/h3-9,14H,2,10-13H2,1H3,(H,23,26). The fourth-order valence-electron chi connectivity index (χ4n) is 3.07. The minimum Gasteiger partial charge on any atom is -0.336 e. The summed E-state index contributed by atoms with van der Waals surface area (Å²) in [6.07, 6.45) is 0. The van der Waals surface area contributed by atoms with Gasteiger partial charge in [-0.1, -0.05) is 13.0 Å². The van der Waals surface area contributed by atoms with Gasteiger partial charge in [0.15, 0.2) is 0 Å². The maximum absolute atomic E-state index is 12.7. The maximum Gasteiger partial charge on any atom is 0.255 e. The summed E-state index contributed by atoms with van der Waals surface area (Å²) in [5.74, 6) is -0.330. The molecule has 1 aliphatic heterocycles. The summed E-state index contributed by atoms with van der Waals surface area (Å²) in [5, 5.41) is 11.6. The van der Waals surface area contributed by atoms with Crippen molar-refractivity contribution in [3.63, 3.8) is 0 Å². The van der Waals surface area contributed by atoms with Crippen molar-refractivity contribution in [2.75, 3.05) is 38.0 Å². The Morgan fingerprint density at radius 2 is 1.70 bits per heavy atom. The molecule has 2 aromatic rings. The van der Waals surface area contributed by atoms with Gasteiger partial charge in [-0.05, 0) is 49.0 Å². The van der Waals surface area contributed by atoms with Crippen molar-refractivity contribution in [2.24, 2.45) is 0 Å². The fourth-order valence-corrected chi connectivity index (χ4v) is 3.07. The van der Waals surface area contributed by atoms with Crippen molar-refractivity contribution in [1.82, 2.24) is 9.80 Å². The van der Waals surface area contributed by atoms with Gasteiger partial charge in [-0.2, -0.15) is 5.26 Å². The van der Waals surface area contributed by atoms with Crippen molar-refractivity contribution in [3.05, 3.63) is 65.2 Å². The van der Waals surface area contributed by atoms with E-state index in [2.05, 4.69) is 17.1 Å². The number of carbonyl (C=O) groups excluding carboxylic acids is 2. The van der Waals surface area contributed by atoms with Crippen LogP contribution in [0, 0.1) is 11.3 Å². The monoisotopic (exact) mass is 362 g/mol. The number of nitrogens with zero attached hydrogens (tertiary/aromatic N) is 3. The summed E-state index contributed by atoms with van der Waals surface area (Å²) in [4.78, 5) is 29.4. The molecular weight excluding hydrogens is 340 g/mol. The average Bonchev–Trinajstić information content (AvgIpc) is 2.74. The number of nitriles is 1. The van der Waals surface area contributed by atoms with E-state index in [1.165, 1.54) is 0 Å². The molecule has 138 valence electrons.